The molecule has 4 aromatic rings. The van der Waals surface area contributed by atoms with E-state index in [1.807, 2.05) is 69.3 Å². The first-order chi connectivity index (χ1) is 13.2. The molecule has 126 valence electrons. The Bertz CT molecular complexity index is 1170. The maximum atomic E-state index is 8.57. The maximum Gasteiger partial charge on any atom is 0.144 e. The minimum Gasteiger partial charge on any atom is -0.455 e. The Balaban J connectivity index is 1.91. The van der Waals surface area contributed by atoms with E-state index >= 15 is 0 Å². The van der Waals surface area contributed by atoms with Gasteiger partial charge < -0.3 is 4.42 Å². The lowest BCUT2D eigenvalue weighted by molar-refractivity contribution is 0.410. The first-order valence-corrected chi connectivity index (χ1v) is 8.43. The second-order valence-electron chi connectivity index (χ2n) is 7.38. The molecule has 0 amide bonds. The van der Waals surface area contributed by atoms with Crippen LogP contribution in [0.2, 0.25) is 0 Å². The number of nitrogens with zero attached hydrogens (tertiary/aromatic N) is 1. The Morgan fingerprint density at radius 2 is 1.88 bits per heavy atom. The summed E-state index contributed by atoms with van der Waals surface area (Å²) in [6, 6.07) is 15.7. The van der Waals surface area contributed by atoms with Crippen LogP contribution < -0.4 is 0 Å². The molecule has 2 nitrogen and oxygen atoms in total. The lowest BCUT2D eigenvalue weighted by atomic mass is 9.87. The molecule has 0 atom stereocenters. The van der Waals surface area contributed by atoms with Crippen LogP contribution in [0.1, 0.15) is 36.0 Å². The molecule has 0 bridgehead atoms. The van der Waals surface area contributed by atoms with Gasteiger partial charge in [-0.1, -0.05) is 51.1 Å². The highest BCUT2D eigenvalue weighted by atomic mass is 16.3. The molecule has 2 aromatic heterocycles. The predicted octanol–water partition coefficient (Wildman–Crippen LogP) is 6.55. The van der Waals surface area contributed by atoms with Gasteiger partial charge in [0.2, 0.25) is 0 Å². The van der Waals surface area contributed by atoms with Gasteiger partial charge >= 0.3 is 0 Å². The number of rotatable bonds is 2. The van der Waals surface area contributed by atoms with Gasteiger partial charge in [0, 0.05) is 26.6 Å². The zero-order valence-electron chi connectivity index (χ0n) is 17.8. The van der Waals surface area contributed by atoms with Gasteiger partial charge in [0.1, 0.15) is 11.2 Å². The van der Waals surface area contributed by atoms with Crippen molar-refractivity contribution >= 4 is 21.9 Å². The molecule has 0 radical (unpaired) electrons. The summed E-state index contributed by atoms with van der Waals surface area (Å²) in [5, 5.41) is 2.08. The van der Waals surface area contributed by atoms with Crippen LogP contribution in [-0.4, -0.2) is 4.98 Å². The third-order valence-corrected chi connectivity index (χ3v) is 4.18. The predicted molar refractivity (Wildman–Crippen MR) is 105 cm³/mol. The monoisotopic (exact) mass is 332 g/mol. The zero-order valence-corrected chi connectivity index (χ0v) is 14.8. The molecule has 0 spiro atoms. The van der Waals surface area contributed by atoms with E-state index in [4.69, 9.17) is 8.53 Å². The van der Waals surface area contributed by atoms with Crippen LogP contribution in [0.4, 0.5) is 0 Å². The first-order valence-electron chi connectivity index (χ1n) is 10.1. The van der Waals surface area contributed by atoms with E-state index in [0.717, 1.165) is 27.5 Å². The average molecular weight is 332 g/mol. The number of hydrogen-bond acceptors (Lipinski definition) is 2. The van der Waals surface area contributed by atoms with Crippen molar-refractivity contribution in [2.45, 2.75) is 34.0 Å². The average Bonchev–Trinajstić information content (AvgIpc) is 3.05. The van der Waals surface area contributed by atoms with Crippen molar-refractivity contribution in [2.75, 3.05) is 0 Å². The summed E-state index contributed by atoms with van der Waals surface area (Å²) in [6.07, 6.45) is 0.00618. The van der Waals surface area contributed by atoms with Gasteiger partial charge in [-0.2, -0.15) is 0 Å². The van der Waals surface area contributed by atoms with Crippen molar-refractivity contribution in [1.82, 2.24) is 4.98 Å². The minimum absolute atomic E-state index is 0.00342. The minimum atomic E-state index is -1.58. The number of fused-ring (bicyclic) bond motifs is 3. The molecule has 0 N–H and O–H groups in total. The quantitative estimate of drug-likeness (QED) is 0.416. The number of aryl methyl sites for hydroxylation is 1. The number of pyridine rings is 1. The molecule has 0 aliphatic carbocycles. The Morgan fingerprint density at radius 3 is 2.68 bits per heavy atom. The third kappa shape index (κ3) is 2.93. The summed E-state index contributed by atoms with van der Waals surface area (Å²) in [7, 11) is 0. The highest BCUT2D eigenvalue weighted by molar-refractivity contribution is 6.09. The molecule has 4 rings (SSSR count). The number of hydrogen-bond donors (Lipinski definition) is 0. The van der Waals surface area contributed by atoms with Crippen molar-refractivity contribution in [3.8, 4) is 11.3 Å². The van der Waals surface area contributed by atoms with Crippen molar-refractivity contribution in [3.63, 3.8) is 0 Å². The molecule has 2 heterocycles. The molecule has 0 aliphatic rings. The molecule has 0 aliphatic heterocycles. The van der Waals surface area contributed by atoms with E-state index in [-0.39, 0.29) is 6.90 Å². The smallest absolute Gasteiger partial charge is 0.144 e. The molecule has 2 aromatic carbocycles. The van der Waals surface area contributed by atoms with Crippen LogP contribution in [0.25, 0.3) is 33.2 Å². The fourth-order valence-electron chi connectivity index (χ4n) is 3.11. The lowest BCUT2D eigenvalue weighted by Gasteiger charge is -2.19. The molecule has 0 fully saturated rings. The molecule has 0 unspecified atom stereocenters. The summed E-state index contributed by atoms with van der Waals surface area (Å²) >= 11 is 0. The van der Waals surface area contributed by atoms with Gasteiger partial charge in [-0.25, -0.2) is 0 Å². The zero-order chi connectivity index (χ0) is 20.1. The number of para-hydroxylation sites is 2. The van der Waals surface area contributed by atoms with Crippen LogP contribution in [0, 0.1) is 12.3 Å². The SMILES string of the molecule is [2H]Cc1cc(-c2cccc3c2oc2ccccc23)ncc1C([2H])([2H])C(C)(C)C. The van der Waals surface area contributed by atoms with Crippen molar-refractivity contribution in [3.05, 3.63) is 65.9 Å². The van der Waals surface area contributed by atoms with E-state index in [1.165, 1.54) is 0 Å². The van der Waals surface area contributed by atoms with Crippen LogP contribution in [0.3, 0.4) is 0 Å². The summed E-state index contributed by atoms with van der Waals surface area (Å²) in [6.45, 7) is 5.59. The lowest BCUT2D eigenvalue weighted by Crippen LogP contribution is -2.10. The van der Waals surface area contributed by atoms with Gasteiger partial charge in [0.25, 0.3) is 0 Å². The Kier molecular flexibility index (Phi) is 2.91. The second-order valence-corrected chi connectivity index (χ2v) is 7.38. The molecule has 0 saturated heterocycles. The molecule has 2 heteroatoms. The number of furan rings is 1. The van der Waals surface area contributed by atoms with E-state index in [0.29, 0.717) is 16.8 Å². The summed E-state index contributed by atoms with van der Waals surface area (Å²) in [5.74, 6) is 0. The van der Waals surface area contributed by atoms with Gasteiger partial charge in [-0.15, -0.1) is 0 Å². The van der Waals surface area contributed by atoms with E-state index < -0.39 is 11.8 Å². The standard InChI is InChI=1S/C23H23NO/c1-15-12-20(24-14-16(15)13-23(2,3)4)19-10-7-9-18-17-8-5-6-11-21(17)25-22(18)19/h5-12,14H,13H2,1-4H3/i1D,13D2. The Morgan fingerprint density at radius 1 is 1.08 bits per heavy atom. The van der Waals surface area contributed by atoms with Gasteiger partial charge in [-0.05, 0) is 48.0 Å². The molecule has 0 saturated carbocycles. The van der Waals surface area contributed by atoms with Crippen molar-refractivity contribution < 1.29 is 8.53 Å². The summed E-state index contributed by atoms with van der Waals surface area (Å²) < 4.78 is 31.2. The Labute approximate surface area is 152 Å². The molecular formula is C23H23NO. The fourth-order valence-corrected chi connectivity index (χ4v) is 3.11. The molecule has 25 heavy (non-hydrogen) atoms. The molecular weight excluding hydrogens is 306 g/mol. The summed E-state index contributed by atoms with van der Waals surface area (Å²) in [5.41, 5.74) is 3.67. The van der Waals surface area contributed by atoms with Crippen LogP contribution in [0.15, 0.2) is 59.1 Å². The highest BCUT2D eigenvalue weighted by Gasteiger charge is 2.16. The van der Waals surface area contributed by atoms with Crippen molar-refractivity contribution in [1.29, 1.82) is 0 Å². The first kappa shape index (κ1) is 12.7. The maximum absolute atomic E-state index is 8.57. The van der Waals surface area contributed by atoms with E-state index in [9.17, 15) is 0 Å². The van der Waals surface area contributed by atoms with Gasteiger partial charge in [0.15, 0.2) is 0 Å². The number of aromatic nitrogens is 1. The Hall–Kier alpha value is -2.61. The largest absolute Gasteiger partial charge is 0.455 e. The third-order valence-electron chi connectivity index (χ3n) is 4.18. The summed E-state index contributed by atoms with van der Waals surface area (Å²) in [4.78, 5) is 4.57. The van der Waals surface area contributed by atoms with E-state index in [1.54, 1.807) is 6.20 Å². The van der Waals surface area contributed by atoms with Gasteiger partial charge in [-0.3, -0.25) is 4.98 Å². The van der Waals surface area contributed by atoms with Crippen LogP contribution in [-0.2, 0) is 6.37 Å². The van der Waals surface area contributed by atoms with Crippen LogP contribution >= 0.6 is 0 Å². The van der Waals surface area contributed by atoms with Crippen LogP contribution in [0.5, 0.6) is 0 Å². The normalized spacial score (nSPS) is 14.4. The topological polar surface area (TPSA) is 26.0 Å². The van der Waals surface area contributed by atoms with Crippen molar-refractivity contribution in [2.24, 2.45) is 5.41 Å². The van der Waals surface area contributed by atoms with Gasteiger partial charge in [0.05, 0.1) is 5.69 Å². The highest BCUT2D eigenvalue weighted by Crippen LogP contribution is 2.35. The fraction of sp³-hybridized carbons (Fsp3) is 0.261. The van der Waals surface area contributed by atoms with E-state index in [2.05, 4.69) is 4.98 Å². The second kappa shape index (κ2) is 5.73. The number of benzene rings is 2.